The van der Waals surface area contributed by atoms with Crippen molar-refractivity contribution in [1.29, 1.82) is 0 Å². The first-order valence-corrected chi connectivity index (χ1v) is 8.16. The number of amides is 1. The van der Waals surface area contributed by atoms with E-state index in [9.17, 15) is 4.79 Å². The molecule has 1 aliphatic rings. The molecule has 1 atom stereocenters. The number of aromatic nitrogens is 3. The van der Waals surface area contributed by atoms with Crippen LogP contribution in [0, 0.1) is 0 Å². The first kappa shape index (κ1) is 15.5. The summed E-state index contributed by atoms with van der Waals surface area (Å²) < 4.78 is 5.35. The topological polar surface area (TPSA) is 89.0 Å². The monoisotopic (exact) mass is 335 g/mol. The van der Waals surface area contributed by atoms with Gasteiger partial charge in [-0.15, -0.1) is 10.2 Å². The molecule has 0 spiro atoms. The molecule has 0 aliphatic carbocycles. The smallest absolute Gasteiger partial charge is 0.254 e. The molecule has 25 heavy (non-hydrogen) atoms. The van der Waals surface area contributed by atoms with E-state index in [1.165, 1.54) is 0 Å². The van der Waals surface area contributed by atoms with Crippen molar-refractivity contribution in [2.75, 3.05) is 17.2 Å². The molecule has 0 radical (unpaired) electrons. The fourth-order valence-corrected chi connectivity index (χ4v) is 2.80. The molecule has 3 aromatic rings. The van der Waals surface area contributed by atoms with Gasteiger partial charge in [0.15, 0.2) is 11.6 Å². The number of para-hydroxylation sites is 1. The number of nitrogens with zero attached hydrogens (tertiary/aromatic N) is 3. The van der Waals surface area contributed by atoms with Gasteiger partial charge in [-0.25, -0.2) is 0 Å². The Morgan fingerprint density at radius 1 is 1.08 bits per heavy atom. The summed E-state index contributed by atoms with van der Waals surface area (Å²) in [6.07, 6.45) is 3.02. The van der Waals surface area contributed by atoms with E-state index in [2.05, 4.69) is 25.8 Å². The largest absolute Gasteiger partial charge is 0.368 e. The van der Waals surface area contributed by atoms with Crippen LogP contribution in [0.3, 0.4) is 0 Å². The summed E-state index contributed by atoms with van der Waals surface area (Å²) in [5.41, 5.74) is 1.71. The average Bonchev–Trinajstić information content (AvgIpc) is 3.19. The number of hydrogen-bond acceptors (Lipinski definition) is 6. The number of carbonyl (C=O) groups excluding carboxylic acids is 1. The van der Waals surface area contributed by atoms with Crippen molar-refractivity contribution in [3.63, 3.8) is 0 Å². The minimum atomic E-state index is -0.388. The van der Waals surface area contributed by atoms with Crippen LogP contribution in [-0.4, -0.2) is 33.8 Å². The van der Waals surface area contributed by atoms with E-state index in [4.69, 9.17) is 4.74 Å². The predicted octanol–water partition coefficient (Wildman–Crippen LogP) is 2.89. The van der Waals surface area contributed by atoms with E-state index in [-0.39, 0.29) is 12.0 Å². The van der Waals surface area contributed by atoms with Crippen LogP contribution in [0.15, 0.2) is 48.7 Å². The van der Waals surface area contributed by atoms with Crippen molar-refractivity contribution in [1.82, 2.24) is 15.2 Å². The van der Waals surface area contributed by atoms with Gasteiger partial charge in [-0.1, -0.05) is 18.2 Å². The maximum atomic E-state index is 12.0. The van der Waals surface area contributed by atoms with Gasteiger partial charge in [-0.2, -0.15) is 0 Å². The van der Waals surface area contributed by atoms with Crippen LogP contribution >= 0.6 is 0 Å². The van der Waals surface area contributed by atoms with Crippen LogP contribution in [0.1, 0.15) is 12.8 Å². The number of carbonyl (C=O) groups is 1. The lowest BCUT2D eigenvalue weighted by atomic mass is 10.2. The molecule has 7 heteroatoms. The molecular formula is C18H17N5O2. The molecule has 1 aromatic carbocycles. The predicted molar refractivity (Wildman–Crippen MR) is 94.7 cm³/mol. The molecule has 1 aliphatic heterocycles. The highest BCUT2D eigenvalue weighted by Gasteiger charge is 2.23. The van der Waals surface area contributed by atoms with Gasteiger partial charge in [0.25, 0.3) is 5.91 Å². The van der Waals surface area contributed by atoms with Gasteiger partial charge in [-0.3, -0.25) is 9.78 Å². The van der Waals surface area contributed by atoms with E-state index in [1.807, 2.05) is 30.3 Å². The molecule has 126 valence electrons. The maximum absolute atomic E-state index is 12.0. The summed E-state index contributed by atoms with van der Waals surface area (Å²) in [6, 6.07) is 13.3. The van der Waals surface area contributed by atoms with Crippen LogP contribution in [0.2, 0.25) is 0 Å². The fraction of sp³-hybridized carbons (Fsp3) is 0.222. The molecule has 1 unspecified atom stereocenters. The number of pyridine rings is 1. The Morgan fingerprint density at radius 2 is 1.92 bits per heavy atom. The Labute approximate surface area is 144 Å². The summed E-state index contributed by atoms with van der Waals surface area (Å²) in [6.45, 7) is 0.631. The highest BCUT2D eigenvalue weighted by atomic mass is 16.5. The van der Waals surface area contributed by atoms with Crippen LogP contribution in [0.25, 0.3) is 10.9 Å². The van der Waals surface area contributed by atoms with Crippen LogP contribution in [0.5, 0.6) is 0 Å². The van der Waals surface area contributed by atoms with E-state index >= 15 is 0 Å². The number of benzene rings is 1. The number of nitrogens with one attached hydrogen (secondary N) is 2. The van der Waals surface area contributed by atoms with Gasteiger partial charge >= 0.3 is 0 Å². The van der Waals surface area contributed by atoms with Crippen molar-refractivity contribution in [3.05, 3.63) is 48.7 Å². The Bertz CT molecular complexity index is 886. The number of anilines is 3. The summed E-state index contributed by atoms with van der Waals surface area (Å²) in [5.74, 6) is 0.807. The Kier molecular flexibility index (Phi) is 4.22. The van der Waals surface area contributed by atoms with Gasteiger partial charge in [-0.05, 0) is 37.1 Å². The lowest BCUT2D eigenvalue weighted by molar-refractivity contribution is -0.124. The second-order valence-corrected chi connectivity index (χ2v) is 5.80. The molecule has 3 heterocycles. The number of rotatable bonds is 4. The quantitative estimate of drug-likeness (QED) is 0.762. The molecular weight excluding hydrogens is 318 g/mol. The zero-order valence-electron chi connectivity index (χ0n) is 13.5. The van der Waals surface area contributed by atoms with Crippen molar-refractivity contribution < 1.29 is 9.53 Å². The summed E-state index contributed by atoms with van der Waals surface area (Å²) in [5, 5.41) is 15.1. The van der Waals surface area contributed by atoms with Crippen LogP contribution in [0.4, 0.5) is 17.3 Å². The number of hydrogen-bond donors (Lipinski definition) is 2. The lowest BCUT2D eigenvalue weighted by Gasteiger charge is -2.10. The zero-order valence-corrected chi connectivity index (χ0v) is 13.5. The highest BCUT2D eigenvalue weighted by molar-refractivity contribution is 5.94. The van der Waals surface area contributed by atoms with E-state index in [0.29, 0.717) is 18.2 Å². The highest BCUT2D eigenvalue weighted by Crippen LogP contribution is 2.23. The second-order valence-electron chi connectivity index (χ2n) is 5.80. The van der Waals surface area contributed by atoms with Gasteiger partial charge in [0.05, 0.1) is 11.2 Å². The molecule has 7 nitrogen and oxygen atoms in total. The van der Waals surface area contributed by atoms with Crippen LogP contribution in [-0.2, 0) is 9.53 Å². The van der Waals surface area contributed by atoms with E-state index in [1.54, 1.807) is 18.3 Å². The van der Waals surface area contributed by atoms with Crippen molar-refractivity contribution in [3.8, 4) is 0 Å². The lowest BCUT2D eigenvalue weighted by Crippen LogP contribution is -2.27. The first-order valence-electron chi connectivity index (χ1n) is 8.16. The molecule has 1 amide bonds. The molecule has 2 N–H and O–H groups in total. The Balaban J connectivity index is 1.47. The van der Waals surface area contributed by atoms with Gasteiger partial charge in [0.1, 0.15) is 6.10 Å². The van der Waals surface area contributed by atoms with Gasteiger partial charge in [0.2, 0.25) is 0 Å². The average molecular weight is 335 g/mol. The van der Waals surface area contributed by atoms with Crippen molar-refractivity contribution in [2.45, 2.75) is 18.9 Å². The van der Waals surface area contributed by atoms with Gasteiger partial charge < -0.3 is 15.4 Å². The van der Waals surface area contributed by atoms with E-state index in [0.717, 1.165) is 29.4 Å². The van der Waals surface area contributed by atoms with Gasteiger partial charge in [0, 0.05) is 18.2 Å². The molecule has 1 fully saturated rings. The number of fused-ring (bicyclic) bond motifs is 1. The third-order valence-electron chi connectivity index (χ3n) is 4.03. The van der Waals surface area contributed by atoms with Crippen molar-refractivity contribution in [2.24, 2.45) is 0 Å². The Morgan fingerprint density at radius 3 is 2.72 bits per heavy atom. The van der Waals surface area contributed by atoms with Crippen LogP contribution < -0.4 is 10.6 Å². The summed E-state index contributed by atoms with van der Waals surface area (Å²) in [7, 11) is 0. The number of ether oxygens (including phenoxy) is 1. The Hall–Kier alpha value is -3.06. The summed E-state index contributed by atoms with van der Waals surface area (Å²) in [4.78, 5) is 16.4. The standard InChI is InChI=1S/C18H17N5O2/c24-18(14-7-3-11-25-14)21-16-9-8-15(22-23-16)20-13-6-1-4-12-5-2-10-19-17(12)13/h1-2,4-6,8-10,14H,3,7,11H2,(H,20,22)(H,21,23,24). The molecule has 1 saturated heterocycles. The zero-order chi connectivity index (χ0) is 17.1. The summed E-state index contributed by atoms with van der Waals surface area (Å²) >= 11 is 0. The minimum Gasteiger partial charge on any atom is -0.368 e. The third-order valence-corrected chi connectivity index (χ3v) is 4.03. The van der Waals surface area contributed by atoms with Crippen molar-refractivity contribution >= 4 is 34.1 Å². The normalized spacial score (nSPS) is 16.7. The molecule has 0 saturated carbocycles. The maximum Gasteiger partial charge on any atom is 0.254 e. The molecule has 0 bridgehead atoms. The fourth-order valence-electron chi connectivity index (χ4n) is 2.80. The van der Waals surface area contributed by atoms with E-state index < -0.39 is 0 Å². The SMILES string of the molecule is O=C(Nc1ccc(Nc2cccc3cccnc23)nn1)C1CCCO1. The third kappa shape index (κ3) is 3.41. The first-order chi connectivity index (χ1) is 12.3. The second kappa shape index (κ2) is 6.82. The molecule has 2 aromatic heterocycles. The molecule has 4 rings (SSSR count). The minimum absolute atomic E-state index is 0.175.